The van der Waals surface area contributed by atoms with Crippen LogP contribution in [0.15, 0.2) is 24.3 Å². The number of piperazine rings is 1. The SMILES string of the molecule is Cc1nn(Cc2ccc(C(=O)N3CCN(CCS(C)(=O)=O)CC3)cc2)c(C)c1[N+](=O)[O-]. The molecule has 2 aromatic rings. The van der Waals surface area contributed by atoms with E-state index in [0.29, 0.717) is 56.2 Å². The highest BCUT2D eigenvalue weighted by Crippen LogP contribution is 2.22. The topological polar surface area (TPSA) is 119 Å². The molecule has 11 heteroatoms. The first-order chi connectivity index (χ1) is 14.5. The monoisotopic (exact) mass is 449 g/mol. The van der Waals surface area contributed by atoms with E-state index >= 15 is 0 Å². The molecule has 0 atom stereocenters. The second kappa shape index (κ2) is 9.15. The third kappa shape index (κ3) is 5.67. The highest BCUT2D eigenvalue weighted by molar-refractivity contribution is 7.90. The molecule has 10 nitrogen and oxygen atoms in total. The Morgan fingerprint density at radius 2 is 1.74 bits per heavy atom. The quantitative estimate of drug-likeness (QED) is 0.461. The van der Waals surface area contributed by atoms with Gasteiger partial charge in [-0.05, 0) is 31.5 Å². The number of nitrogens with zero attached hydrogens (tertiary/aromatic N) is 5. The summed E-state index contributed by atoms with van der Waals surface area (Å²) in [7, 11) is -2.99. The number of aryl methyl sites for hydroxylation is 1. The molecular weight excluding hydrogens is 422 g/mol. The first-order valence-corrected chi connectivity index (χ1v) is 12.1. The molecule has 0 N–H and O–H groups in total. The number of sulfone groups is 1. The van der Waals surface area contributed by atoms with Crippen molar-refractivity contribution in [2.24, 2.45) is 0 Å². The van der Waals surface area contributed by atoms with Crippen LogP contribution in [0.2, 0.25) is 0 Å². The zero-order chi connectivity index (χ0) is 22.8. The Morgan fingerprint density at radius 1 is 1.13 bits per heavy atom. The number of amides is 1. The van der Waals surface area contributed by atoms with Gasteiger partial charge in [0.2, 0.25) is 0 Å². The predicted molar refractivity (Wildman–Crippen MR) is 116 cm³/mol. The van der Waals surface area contributed by atoms with Crippen LogP contribution in [0.1, 0.15) is 27.3 Å². The fraction of sp³-hybridized carbons (Fsp3) is 0.500. The van der Waals surface area contributed by atoms with Crippen LogP contribution in [0.4, 0.5) is 5.69 Å². The molecule has 0 spiro atoms. The minimum absolute atomic E-state index is 0.0301. The van der Waals surface area contributed by atoms with Crippen LogP contribution >= 0.6 is 0 Å². The Labute approximate surface area is 181 Å². The second-order valence-corrected chi connectivity index (χ2v) is 10.2. The maximum atomic E-state index is 12.8. The van der Waals surface area contributed by atoms with E-state index in [4.69, 9.17) is 0 Å². The van der Waals surface area contributed by atoms with Crippen LogP contribution in [0.25, 0.3) is 0 Å². The molecule has 168 valence electrons. The number of hydrogen-bond donors (Lipinski definition) is 0. The third-order valence-corrected chi connectivity index (χ3v) is 6.42. The van der Waals surface area contributed by atoms with Crippen molar-refractivity contribution in [2.75, 3.05) is 44.7 Å². The lowest BCUT2D eigenvalue weighted by Crippen LogP contribution is -2.49. The Balaban J connectivity index is 1.59. The average molecular weight is 450 g/mol. The maximum Gasteiger partial charge on any atom is 0.312 e. The van der Waals surface area contributed by atoms with Gasteiger partial charge in [0.1, 0.15) is 21.2 Å². The smallest absolute Gasteiger partial charge is 0.312 e. The molecular formula is C20H27N5O5S. The van der Waals surface area contributed by atoms with Crippen molar-refractivity contribution in [3.05, 3.63) is 56.9 Å². The van der Waals surface area contributed by atoms with Crippen molar-refractivity contribution in [2.45, 2.75) is 20.4 Å². The molecule has 2 heterocycles. The van der Waals surface area contributed by atoms with E-state index in [1.807, 2.05) is 12.1 Å². The van der Waals surface area contributed by atoms with Crippen molar-refractivity contribution < 1.29 is 18.1 Å². The molecule has 1 aromatic heterocycles. The molecule has 1 aromatic carbocycles. The van der Waals surface area contributed by atoms with Crippen LogP contribution in [-0.4, -0.2) is 83.6 Å². The summed E-state index contributed by atoms with van der Waals surface area (Å²) in [6, 6.07) is 7.18. The van der Waals surface area contributed by atoms with Crippen molar-refractivity contribution in [1.29, 1.82) is 0 Å². The highest BCUT2D eigenvalue weighted by Gasteiger charge is 2.23. The predicted octanol–water partition coefficient (Wildman–Crippen LogP) is 1.26. The number of hydrogen-bond acceptors (Lipinski definition) is 7. The van der Waals surface area contributed by atoms with Gasteiger partial charge < -0.3 is 4.90 Å². The van der Waals surface area contributed by atoms with E-state index in [1.165, 1.54) is 6.26 Å². The van der Waals surface area contributed by atoms with Gasteiger partial charge in [-0.1, -0.05) is 12.1 Å². The Bertz CT molecular complexity index is 1070. The number of carbonyl (C=O) groups excluding carboxylic acids is 1. The van der Waals surface area contributed by atoms with Gasteiger partial charge in [-0.15, -0.1) is 0 Å². The van der Waals surface area contributed by atoms with Gasteiger partial charge in [0.25, 0.3) is 5.91 Å². The molecule has 0 unspecified atom stereocenters. The van der Waals surface area contributed by atoms with Crippen molar-refractivity contribution in [3.8, 4) is 0 Å². The summed E-state index contributed by atoms with van der Waals surface area (Å²) in [5.74, 6) is 0.0666. The van der Waals surface area contributed by atoms with Gasteiger partial charge >= 0.3 is 5.69 Å². The molecule has 3 rings (SSSR count). The molecule has 1 aliphatic rings. The normalized spacial score (nSPS) is 15.3. The lowest BCUT2D eigenvalue weighted by atomic mass is 10.1. The largest absolute Gasteiger partial charge is 0.336 e. The summed E-state index contributed by atoms with van der Waals surface area (Å²) in [5, 5.41) is 15.4. The molecule has 31 heavy (non-hydrogen) atoms. The first-order valence-electron chi connectivity index (χ1n) is 10.0. The molecule has 0 saturated carbocycles. The fourth-order valence-corrected chi connectivity index (χ4v) is 4.27. The maximum absolute atomic E-state index is 12.8. The summed E-state index contributed by atoms with van der Waals surface area (Å²) in [6.45, 7) is 6.57. The average Bonchev–Trinajstić information content (AvgIpc) is 2.99. The Morgan fingerprint density at radius 3 is 2.26 bits per heavy atom. The summed E-state index contributed by atoms with van der Waals surface area (Å²) in [4.78, 5) is 27.4. The summed E-state index contributed by atoms with van der Waals surface area (Å²) in [5.41, 5.74) is 2.37. The van der Waals surface area contributed by atoms with E-state index in [1.54, 1.807) is 35.6 Å². The second-order valence-electron chi connectivity index (χ2n) is 7.89. The number of rotatable bonds is 7. The van der Waals surface area contributed by atoms with Gasteiger partial charge in [0.15, 0.2) is 0 Å². The molecule has 0 aliphatic carbocycles. The third-order valence-electron chi connectivity index (χ3n) is 5.50. The minimum atomic E-state index is -2.99. The number of aromatic nitrogens is 2. The zero-order valence-electron chi connectivity index (χ0n) is 17.9. The number of nitro groups is 1. The van der Waals surface area contributed by atoms with Gasteiger partial charge in [0, 0.05) is 44.5 Å². The van der Waals surface area contributed by atoms with Crippen molar-refractivity contribution in [3.63, 3.8) is 0 Å². The van der Waals surface area contributed by atoms with Gasteiger partial charge in [-0.2, -0.15) is 5.10 Å². The Hall–Kier alpha value is -2.79. The first kappa shape index (κ1) is 22.9. The van der Waals surface area contributed by atoms with E-state index < -0.39 is 14.8 Å². The van der Waals surface area contributed by atoms with E-state index in [9.17, 15) is 23.3 Å². The molecule has 0 radical (unpaired) electrons. The van der Waals surface area contributed by atoms with Crippen molar-refractivity contribution >= 4 is 21.4 Å². The molecule has 1 amide bonds. The summed E-state index contributed by atoms with van der Waals surface area (Å²) >= 11 is 0. The Kier molecular flexibility index (Phi) is 6.75. The standard InChI is InChI=1S/C20H27N5O5S/c1-15-19(25(27)28)16(2)24(21-15)14-17-4-6-18(7-5-17)20(26)23-10-8-22(9-11-23)12-13-31(3,29)30/h4-7H,8-14H2,1-3H3. The van der Waals surface area contributed by atoms with Gasteiger partial charge in [-0.25, -0.2) is 8.42 Å². The van der Waals surface area contributed by atoms with Crippen LogP contribution in [0, 0.1) is 24.0 Å². The van der Waals surface area contributed by atoms with E-state index in [0.717, 1.165) is 5.56 Å². The minimum Gasteiger partial charge on any atom is -0.336 e. The zero-order valence-corrected chi connectivity index (χ0v) is 18.8. The lowest BCUT2D eigenvalue weighted by molar-refractivity contribution is -0.386. The molecule has 1 saturated heterocycles. The molecule has 0 bridgehead atoms. The van der Waals surface area contributed by atoms with Crippen LogP contribution in [0.3, 0.4) is 0 Å². The van der Waals surface area contributed by atoms with Crippen LogP contribution in [0.5, 0.6) is 0 Å². The molecule has 1 aliphatic heterocycles. The van der Waals surface area contributed by atoms with Crippen LogP contribution in [-0.2, 0) is 16.4 Å². The summed E-state index contributed by atoms with van der Waals surface area (Å²) in [6.07, 6.45) is 1.23. The lowest BCUT2D eigenvalue weighted by Gasteiger charge is -2.34. The number of carbonyl (C=O) groups is 1. The fourth-order valence-electron chi connectivity index (χ4n) is 3.68. The van der Waals surface area contributed by atoms with E-state index in [-0.39, 0.29) is 17.3 Å². The summed E-state index contributed by atoms with van der Waals surface area (Å²) < 4.78 is 24.2. The van der Waals surface area contributed by atoms with E-state index in [2.05, 4.69) is 10.00 Å². The van der Waals surface area contributed by atoms with Crippen LogP contribution < -0.4 is 0 Å². The number of benzene rings is 1. The van der Waals surface area contributed by atoms with Gasteiger partial charge in [0.05, 0.1) is 17.2 Å². The van der Waals surface area contributed by atoms with Gasteiger partial charge in [-0.3, -0.25) is 24.5 Å². The van der Waals surface area contributed by atoms with Crippen molar-refractivity contribution in [1.82, 2.24) is 19.6 Å². The highest BCUT2D eigenvalue weighted by atomic mass is 32.2. The molecule has 1 fully saturated rings.